The van der Waals surface area contributed by atoms with Crippen LogP contribution in [0.2, 0.25) is 0 Å². The zero-order valence-electron chi connectivity index (χ0n) is 40.0. The number of rotatable bonds is 8. The van der Waals surface area contributed by atoms with E-state index in [1.54, 1.807) is 0 Å². The molecular formula is C68H48N4O. The highest BCUT2D eigenvalue weighted by molar-refractivity contribution is 6.12. The van der Waals surface area contributed by atoms with Crippen molar-refractivity contribution in [2.75, 3.05) is 9.80 Å². The van der Waals surface area contributed by atoms with Gasteiger partial charge in [-0.2, -0.15) is 0 Å². The van der Waals surface area contributed by atoms with Crippen LogP contribution in [0.25, 0.3) is 66.1 Å². The van der Waals surface area contributed by atoms with Gasteiger partial charge in [0.15, 0.2) is 0 Å². The van der Waals surface area contributed by atoms with Crippen LogP contribution in [0.4, 0.5) is 22.7 Å². The average molecular weight is 937 g/mol. The Morgan fingerprint density at radius 2 is 0.918 bits per heavy atom. The van der Waals surface area contributed by atoms with E-state index in [4.69, 9.17) is 4.74 Å². The molecule has 0 saturated carbocycles. The summed E-state index contributed by atoms with van der Waals surface area (Å²) in [6.07, 6.45) is 12.4. The first kappa shape index (κ1) is 41.6. The lowest BCUT2D eigenvalue weighted by molar-refractivity contribution is 0.0557. The van der Waals surface area contributed by atoms with Crippen molar-refractivity contribution < 1.29 is 4.74 Å². The number of anilines is 4. The topological polar surface area (TPSA) is 25.6 Å². The van der Waals surface area contributed by atoms with Crippen LogP contribution in [0.1, 0.15) is 6.42 Å². The summed E-state index contributed by atoms with van der Waals surface area (Å²) in [6.45, 7) is 0. The van der Waals surface area contributed by atoms with Crippen LogP contribution in [0, 0.1) is 5.92 Å². The first-order valence-corrected chi connectivity index (χ1v) is 25.4. The molecule has 5 nitrogen and oxygen atoms in total. The summed E-state index contributed by atoms with van der Waals surface area (Å²) in [5, 5.41) is 7.44. The molecule has 3 aliphatic carbocycles. The van der Waals surface area contributed by atoms with Gasteiger partial charge in [0, 0.05) is 79.4 Å². The van der Waals surface area contributed by atoms with E-state index in [0.717, 1.165) is 46.2 Å². The lowest BCUT2D eigenvalue weighted by Crippen LogP contribution is -2.41. The van der Waals surface area contributed by atoms with Crippen molar-refractivity contribution in [2.24, 2.45) is 5.92 Å². The Labute approximate surface area is 423 Å². The van der Waals surface area contributed by atoms with Gasteiger partial charge in [0.25, 0.3) is 0 Å². The van der Waals surface area contributed by atoms with Crippen molar-refractivity contribution in [3.63, 3.8) is 0 Å². The lowest BCUT2D eigenvalue weighted by Gasteiger charge is -2.33. The summed E-state index contributed by atoms with van der Waals surface area (Å²) >= 11 is 0. The van der Waals surface area contributed by atoms with E-state index in [2.05, 4.69) is 280 Å². The van der Waals surface area contributed by atoms with Crippen LogP contribution in [0.5, 0.6) is 0 Å². The fourth-order valence-corrected chi connectivity index (χ4v) is 12.4. The smallest absolute Gasteiger partial charge is 0.0946 e. The zero-order chi connectivity index (χ0) is 48.0. The number of nitrogens with zero attached hydrogens (tertiary/aromatic N) is 4. The molecule has 11 aromatic rings. The molecule has 3 atom stereocenters. The third-order valence-electron chi connectivity index (χ3n) is 15.5. The molecule has 15 rings (SSSR count). The first-order chi connectivity index (χ1) is 36.2. The minimum absolute atomic E-state index is 0.0436. The largest absolute Gasteiger partial charge is 0.364 e. The highest BCUT2D eigenvalue weighted by atomic mass is 16.5. The van der Waals surface area contributed by atoms with Gasteiger partial charge in [-0.3, -0.25) is 0 Å². The van der Waals surface area contributed by atoms with Crippen molar-refractivity contribution in [3.8, 4) is 11.4 Å². The van der Waals surface area contributed by atoms with Crippen LogP contribution >= 0.6 is 0 Å². The number of benzene rings is 9. The SMILES string of the molecule is C1=CC2C(=c3ccccc3=C3C4=CC=C(N(c5ccccc5)c5ccc6c(c5)c5ccccc5n6-c5ccccc5)CC4OC32)C=C1N(c1ccccc1)c1ccc2c(c1)c1ccccc1n2-c1ccccc1. The Morgan fingerprint density at radius 1 is 0.425 bits per heavy atom. The Kier molecular flexibility index (Phi) is 9.54. The highest BCUT2D eigenvalue weighted by Crippen LogP contribution is 2.48. The second-order valence-corrected chi connectivity index (χ2v) is 19.5. The quantitative estimate of drug-likeness (QED) is 0.152. The van der Waals surface area contributed by atoms with Gasteiger partial charge in [-0.05, 0) is 142 Å². The van der Waals surface area contributed by atoms with Crippen LogP contribution in [0.3, 0.4) is 0 Å². The first-order valence-electron chi connectivity index (χ1n) is 25.4. The number of allylic oxidation sites excluding steroid dienone is 4. The molecule has 0 bridgehead atoms. The molecule has 0 spiro atoms. The normalized spacial score (nSPS) is 17.8. The number of fused-ring (bicyclic) bond motifs is 12. The Balaban J connectivity index is 0.843. The minimum atomic E-state index is -0.126. The molecule has 0 N–H and O–H groups in total. The third kappa shape index (κ3) is 6.59. The minimum Gasteiger partial charge on any atom is -0.364 e. The summed E-state index contributed by atoms with van der Waals surface area (Å²) in [4.78, 5) is 4.85. The van der Waals surface area contributed by atoms with Crippen LogP contribution in [-0.2, 0) is 4.74 Å². The van der Waals surface area contributed by atoms with Gasteiger partial charge in [-0.15, -0.1) is 0 Å². The maximum absolute atomic E-state index is 7.43. The highest BCUT2D eigenvalue weighted by Gasteiger charge is 2.44. The van der Waals surface area contributed by atoms with Gasteiger partial charge in [0.1, 0.15) is 0 Å². The molecular weight excluding hydrogens is 889 g/mol. The van der Waals surface area contributed by atoms with E-state index in [0.29, 0.717) is 0 Å². The molecule has 3 heterocycles. The molecule has 0 radical (unpaired) electrons. The van der Waals surface area contributed by atoms with Crippen molar-refractivity contribution in [1.29, 1.82) is 0 Å². The Bertz CT molecular complexity index is 4280. The van der Waals surface area contributed by atoms with Gasteiger partial charge < -0.3 is 23.7 Å². The van der Waals surface area contributed by atoms with E-state index >= 15 is 0 Å². The van der Waals surface area contributed by atoms with E-state index in [-0.39, 0.29) is 18.1 Å². The molecule has 1 aliphatic heterocycles. The number of hydrogen-bond donors (Lipinski definition) is 0. The molecule has 0 amide bonds. The van der Waals surface area contributed by atoms with Gasteiger partial charge in [-0.1, -0.05) is 146 Å². The standard InChI is InChI=1S/C68H48N4O/c1-5-19-45(20-6-1)69(50-35-39-64-60(42-50)54-28-15-17-31-62(54)71(64)47-23-9-3-10-24-47)49-33-37-57-59(41-49)53-27-13-14-30-56(53)67-58-38-34-52(44-66(58)73-68(57)67)70(46-21-7-2-8-22-46)51-36-40-65-61(43-51)55-29-16-18-32-63(55)72(65)48-25-11-4-12-26-48/h1-43,57,66,68H,44H2. The molecule has 1 fully saturated rings. The predicted molar refractivity (Wildman–Crippen MR) is 301 cm³/mol. The van der Waals surface area contributed by atoms with Crippen LogP contribution in [-0.4, -0.2) is 21.3 Å². The summed E-state index contributed by atoms with van der Waals surface area (Å²) in [7, 11) is 0. The second-order valence-electron chi connectivity index (χ2n) is 19.5. The van der Waals surface area contributed by atoms with Crippen molar-refractivity contribution >= 4 is 77.5 Å². The van der Waals surface area contributed by atoms with Gasteiger partial charge in [0.2, 0.25) is 0 Å². The van der Waals surface area contributed by atoms with Gasteiger partial charge >= 0.3 is 0 Å². The molecule has 1 saturated heterocycles. The van der Waals surface area contributed by atoms with Crippen molar-refractivity contribution in [2.45, 2.75) is 18.6 Å². The van der Waals surface area contributed by atoms with E-state index in [1.807, 2.05) is 0 Å². The molecule has 2 aromatic heterocycles. The number of aromatic nitrogens is 2. The Morgan fingerprint density at radius 3 is 1.52 bits per heavy atom. The summed E-state index contributed by atoms with van der Waals surface area (Å²) in [5.41, 5.74) is 17.7. The lowest BCUT2D eigenvalue weighted by atomic mass is 9.77. The van der Waals surface area contributed by atoms with E-state index in [9.17, 15) is 0 Å². The summed E-state index contributed by atoms with van der Waals surface area (Å²) in [5.74, 6) is 0.0436. The molecule has 4 aliphatic rings. The fraction of sp³-hybridized carbons (Fsp3) is 0.0588. The predicted octanol–water partition coefficient (Wildman–Crippen LogP) is 14.9. The van der Waals surface area contributed by atoms with E-state index in [1.165, 1.54) is 76.5 Å². The average Bonchev–Trinajstić information content (AvgIpc) is 4.12. The number of para-hydroxylation sites is 6. The third-order valence-corrected chi connectivity index (χ3v) is 15.5. The molecule has 3 unspecified atom stereocenters. The number of hydrogen-bond acceptors (Lipinski definition) is 3. The van der Waals surface area contributed by atoms with Crippen LogP contribution in [0.15, 0.2) is 278 Å². The second kappa shape index (κ2) is 16.7. The molecule has 5 heteroatoms. The maximum Gasteiger partial charge on any atom is 0.0946 e. The molecule has 346 valence electrons. The monoisotopic (exact) mass is 936 g/mol. The molecule has 73 heavy (non-hydrogen) atoms. The zero-order valence-corrected chi connectivity index (χ0v) is 40.0. The van der Waals surface area contributed by atoms with Gasteiger partial charge in [-0.25, -0.2) is 0 Å². The molecule has 9 aromatic carbocycles. The van der Waals surface area contributed by atoms with Crippen molar-refractivity contribution in [1.82, 2.24) is 9.13 Å². The van der Waals surface area contributed by atoms with Crippen molar-refractivity contribution in [3.05, 3.63) is 288 Å². The van der Waals surface area contributed by atoms with Crippen LogP contribution < -0.4 is 20.2 Å². The Hall–Kier alpha value is -9.16. The van der Waals surface area contributed by atoms with Gasteiger partial charge in [0.05, 0.1) is 34.3 Å². The summed E-state index contributed by atoms with van der Waals surface area (Å²) < 4.78 is 12.2. The summed E-state index contributed by atoms with van der Waals surface area (Å²) in [6, 6.07) is 83.4. The maximum atomic E-state index is 7.43. The van der Waals surface area contributed by atoms with E-state index < -0.39 is 0 Å². The fourth-order valence-electron chi connectivity index (χ4n) is 12.4. The number of ether oxygens (including phenoxy) is 1.